The van der Waals surface area contributed by atoms with Gasteiger partial charge in [0.15, 0.2) is 0 Å². The third-order valence-electron chi connectivity index (χ3n) is 4.08. The Morgan fingerprint density at radius 2 is 2.06 bits per heavy atom. The molecule has 0 amide bonds. The van der Waals surface area contributed by atoms with E-state index >= 15 is 0 Å². The highest BCUT2D eigenvalue weighted by Crippen LogP contribution is 2.31. The molecule has 2 heteroatoms. The van der Waals surface area contributed by atoms with Gasteiger partial charge in [-0.2, -0.15) is 0 Å². The lowest BCUT2D eigenvalue weighted by molar-refractivity contribution is 0.312. The van der Waals surface area contributed by atoms with Crippen LogP contribution in [0.1, 0.15) is 44.9 Å². The molecule has 1 aliphatic carbocycles. The summed E-state index contributed by atoms with van der Waals surface area (Å²) in [4.78, 5) is 2.70. The van der Waals surface area contributed by atoms with Crippen LogP contribution in [0.5, 0.6) is 0 Å². The summed E-state index contributed by atoms with van der Waals surface area (Å²) >= 11 is 0. The standard InChI is InChI=1S/C15H28N2/c1-2-3-4-5-6-10-16-12-14-9-11-17(13-14)15-7-8-15/h2,14-16H,1,3-13H2. The molecule has 2 nitrogen and oxygen atoms in total. The Morgan fingerprint density at radius 3 is 2.82 bits per heavy atom. The average molecular weight is 236 g/mol. The summed E-state index contributed by atoms with van der Waals surface area (Å²) in [6.45, 7) is 8.91. The average Bonchev–Trinajstić information content (AvgIpc) is 3.09. The molecule has 0 radical (unpaired) electrons. The summed E-state index contributed by atoms with van der Waals surface area (Å²) in [6.07, 6.45) is 11.5. The zero-order valence-corrected chi connectivity index (χ0v) is 11.2. The third-order valence-corrected chi connectivity index (χ3v) is 4.08. The minimum atomic E-state index is 0.920. The maximum atomic E-state index is 3.75. The van der Waals surface area contributed by atoms with Gasteiger partial charge in [-0.1, -0.05) is 12.5 Å². The van der Waals surface area contributed by atoms with E-state index < -0.39 is 0 Å². The van der Waals surface area contributed by atoms with Crippen LogP contribution in [0.25, 0.3) is 0 Å². The van der Waals surface area contributed by atoms with E-state index in [1.807, 2.05) is 6.08 Å². The smallest absolute Gasteiger partial charge is 0.00965 e. The van der Waals surface area contributed by atoms with Crippen molar-refractivity contribution < 1.29 is 0 Å². The van der Waals surface area contributed by atoms with Crippen molar-refractivity contribution in [2.75, 3.05) is 26.2 Å². The second-order valence-corrected chi connectivity index (χ2v) is 5.72. The third kappa shape index (κ3) is 4.81. The zero-order valence-electron chi connectivity index (χ0n) is 11.2. The normalized spacial score (nSPS) is 25.3. The van der Waals surface area contributed by atoms with Crippen molar-refractivity contribution in [3.63, 3.8) is 0 Å². The van der Waals surface area contributed by atoms with Crippen molar-refractivity contribution in [2.24, 2.45) is 5.92 Å². The van der Waals surface area contributed by atoms with Crippen LogP contribution in [0.2, 0.25) is 0 Å². The van der Waals surface area contributed by atoms with Gasteiger partial charge in [0.05, 0.1) is 0 Å². The number of hydrogen-bond donors (Lipinski definition) is 1. The van der Waals surface area contributed by atoms with Crippen LogP contribution in [-0.2, 0) is 0 Å². The molecule has 1 aliphatic heterocycles. The molecule has 1 saturated heterocycles. The largest absolute Gasteiger partial charge is 0.316 e. The summed E-state index contributed by atoms with van der Waals surface area (Å²) in [5, 5.41) is 3.63. The number of hydrogen-bond acceptors (Lipinski definition) is 2. The van der Waals surface area contributed by atoms with Crippen molar-refractivity contribution in [1.29, 1.82) is 0 Å². The molecule has 0 aromatic rings. The predicted molar refractivity (Wildman–Crippen MR) is 74.2 cm³/mol. The highest BCUT2D eigenvalue weighted by Gasteiger charge is 2.33. The van der Waals surface area contributed by atoms with Gasteiger partial charge in [-0.15, -0.1) is 6.58 Å². The highest BCUT2D eigenvalue weighted by atomic mass is 15.2. The molecule has 1 unspecified atom stereocenters. The molecular formula is C15H28N2. The first-order valence-electron chi connectivity index (χ1n) is 7.46. The minimum absolute atomic E-state index is 0.920. The number of nitrogens with one attached hydrogen (secondary N) is 1. The van der Waals surface area contributed by atoms with Crippen LogP contribution in [0.4, 0.5) is 0 Å². The van der Waals surface area contributed by atoms with Crippen molar-refractivity contribution in [2.45, 2.75) is 51.0 Å². The molecule has 1 atom stereocenters. The van der Waals surface area contributed by atoms with E-state index in [1.54, 1.807) is 0 Å². The van der Waals surface area contributed by atoms with Gasteiger partial charge in [0.25, 0.3) is 0 Å². The summed E-state index contributed by atoms with van der Waals surface area (Å²) in [6, 6.07) is 0.971. The van der Waals surface area contributed by atoms with Crippen molar-refractivity contribution in [3.8, 4) is 0 Å². The Labute approximate surface area is 106 Å². The fraction of sp³-hybridized carbons (Fsp3) is 0.867. The molecule has 17 heavy (non-hydrogen) atoms. The quantitative estimate of drug-likeness (QED) is 0.489. The van der Waals surface area contributed by atoms with Crippen LogP contribution < -0.4 is 5.32 Å². The molecule has 2 rings (SSSR count). The molecule has 2 aliphatic rings. The van der Waals surface area contributed by atoms with Crippen LogP contribution >= 0.6 is 0 Å². The SMILES string of the molecule is C=CCCCCCNCC1CCN(C2CC2)C1. The van der Waals surface area contributed by atoms with Crippen LogP contribution in [0.3, 0.4) is 0 Å². The van der Waals surface area contributed by atoms with Crippen LogP contribution in [0.15, 0.2) is 12.7 Å². The van der Waals surface area contributed by atoms with E-state index in [1.165, 1.54) is 71.1 Å². The van der Waals surface area contributed by atoms with E-state index in [9.17, 15) is 0 Å². The van der Waals surface area contributed by atoms with E-state index in [4.69, 9.17) is 0 Å². The van der Waals surface area contributed by atoms with Gasteiger partial charge in [-0.3, -0.25) is 0 Å². The van der Waals surface area contributed by atoms with Gasteiger partial charge in [-0.25, -0.2) is 0 Å². The molecule has 1 saturated carbocycles. The summed E-state index contributed by atoms with van der Waals surface area (Å²) in [5.41, 5.74) is 0. The summed E-state index contributed by atoms with van der Waals surface area (Å²) in [7, 11) is 0. The van der Waals surface area contributed by atoms with Gasteiger partial charge in [0.2, 0.25) is 0 Å². The fourth-order valence-corrected chi connectivity index (χ4v) is 2.82. The number of unbranched alkanes of at least 4 members (excludes halogenated alkanes) is 3. The molecule has 1 N–H and O–H groups in total. The summed E-state index contributed by atoms with van der Waals surface area (Å²) < 4.78 is 0. The number of nitrogens with zero attached hydrogens (tertiary/aromatic N) is 1. The van der Waals surface area contributed by atoms with Gasteiger partial charge >= 0.3 is 0 Å². The molecule has 0 spiro atoms. The molecular weight excluding hydrogens is 208 g/mol. The number of rotatable bonds is 9. The summed E-state index contributed by atoms with van der Waals surface area (Å²) in [5.74, 6) is 0.920. The Balaban J connectivity index is 1.42. The van der Waals surface area contributed by atoms with E-state index in [-0.39, 0.29) is 0 Å². The molecule has 0 aromatic carbocycles. The maximum Gasteiger partial charge on any atom is 0.00965 e. The predicted octanol–water partition coefficient (Wildman–Crippen LogP) is 2.81. The topological polar surface area (TPSA) is 15.3 Å². The molecule has 1 heterocycles. The molecule has 2 fully saturated rings. The first-order valence-corrected chi connectivity index (χ1v) is 7.46. The van der Waals surface area contributed by atoms with Crippen LogP contribution in [0, 0.1) is 5.92 Å². The van der Waals surface area contributed by atoms with E-state index in [2.05, 4.69) is 16.8 Å². The Bertz CT molecular complexity index is 223. The van der Waals surface area contributed by atoms with Gasteiger partial charge in [0.1, 0.15) is 0 Å². The number of allylic oxidation sites excluding steroid dienone is 1. The van der Waals surface area contributed by atoms with Crippen LogP contribution in [-0.4, -0.2) is 37.1 Å². The van der Waals surface area contributed by atoms with Crippen molar-refractivity contribution >= 4 is 0 Å². The number of likely N-dealkylation sites (tertiary alicyclic amines) is 1. The monoisotopic (exact) mass is 236 g/mol. The Hall–Kier alpha value is -0.340. The lowest BCUT2D eigenvalue weighted by Crippen LogP contribution is -2.28. The molecule has 98 valence electrons. The van der Waals surface area contributed by atoms with E-state index in [0.717, 1.165) is 12.0 Å². The Morgan fingerprint density at radius 1 is 1.18 bits per heavy atom. The lowest BCUT2D eigenvalue weighted by Gasteiger charge is -2.15. The second kappa shape index (κ2) is 7.17. The lowest BCUT2D eigenvalue weighted by atomic mass is 10.1. The van der Waals surface area contributed by atoms with Gasteiger partial charge < -0.3 is 10.2 Å². The second-order valence-electron chi connectivity index (χ2n) is 5.72. The van der Waals surface area contributed by atoms with Crippen molar-refractivity contribution in [1.82, 2.24) is 10.2 Å². The highest BCUT2D eigenvalue weighted by molar-refractivity contribution is 4.89. The maximum absolute atomic E-state index is 3.75. The fourth-order valence-electron chi connectivity index (χ4n) is 2.82. The zero-order chi connectivity index (χ0) is 11.9. The van der Waals surface area contributed by atoms with Gasteiger partial charge in [0, 0.05) is 12.6 Å². The van der Waals surface area contributed by atoms with Crippen molar-refractivity contribution in [3.05, 3.63) is 12.7 Å². The first-order chi connectivity index (χ1) is 8.40. The van der Waals surface area contributed by atoms with E-state index in [0.29, 0.717) is 0 Å². The van der Waals surface area contributed by atoms with Gasteiger partial charge in [-0.05, 0) is 64.1 Å². The molecule has 0 bridgehead atoms. The molecule has 0 aromatic heterocycles. The first kappa shape index (κ1) is 13.1. The minimum Gasteiger partial charge on any atom is -0.316 e. The Kier molecular flexibility index (Phi) is 5.53.